The molecule has 0 saturated carbocycles. The minimum atomic E-state index is 0.725. The quantitative estimate of drug-likeness (QED) is 0.605. The topological polar surface area (TPSA) is 50.2 Å². The predicted molar refractivity (Wildman–Crippen MR) is 59.7 cm³/mol. The Morgan fingerprint density at radius 2 is 1.93 bits per heavy atom. The number of pyridine rings is 2. The summed E-state index contributed by atoms with van der Waals surface area (Å²) < 4.78 is 0. The summed E-state index contributed by atoms with van der Waals surface area (Å²) in [5.41, 5.74) is 3.82. The van der Waals surface area contributed by atoms with E-state index in [4.69, 9.17) is 0 Å². The third kappa shape index (κ3) is 2.87. The van der Waals surface area contributed by atoms with Crippen molar-refractivity contribution in [3.8, 4) is 0 Å². The maximum absolute atomic E-state index is 4.07. The highest BCUT2D eigenvalue weighted by Gasteiger charge is 1.86. The van der Waals surface area contributed by atoms with Crippen molar-refractivity contribution in [3.63, 3.8) is 0 Å². The van der Waals surface area contributed by atoms with Crippen molar-refractivity contribution < 1.29 is 0 Å². The van der Waals surface area contributed by atoms with E-state index in [1.807, 2.05) is 30.3 Å². The van der Waals surface area contributed by atoms with E-state index in [9.17, 15) is 0 Å². The first-order chi connectivity index (χ1) is 7.45. The number of nitrogens with one attached hydrogen (secondary N) is 1. The van der Waals surface area contributed by atoms with Crippen molar-refractivity contribution in [2.75, 3.05) is 5.43 Å². The van der Waals surface area contributed by atoms with Crippen LogP contribution in [0.25, 0.3) is 0 Å². The molecule has 0 radical (unpaired) electrons. The summed E-state index contributed by atoms with van der Waals surface area (Å²) in [6.45, 7) is 0. The van der Waals surface area contributed by atoms with Gasteiger partial charge in [-0.25, -0.2) is 4.98 Å². The molecule has 74 valence electrons. The Morgan fingerprint density at radius 1 is 1.07 bits per heavy atom. The van der Waals surface area contributed by atoms with E-state index < -0.39 is 0 Å². The summed E-state index contributed by atoms with van der Waals surface area (Å²) in [5, 5.41) is 4.05. The van der Waals surface area contributed by atoms with Gasteiger partial charge in [0.15, 0.2) is 0 Å². The Balaban J connectivity index is 1.97. The monoisotopic (exact) mass is 198 g/mol. The number of nitrogens with zero attached hydrogens (tertiary/aromatic N) is 3. The van der Waals surface area contributed by atoms with Gasteiger partial charge in [-0.05, 0) is 29.8 Å². The largest absolute Gasteiger partial charge is 0.265 e. The third-order valence-corrected chi connectivity index (χ3v) is 1.76. The maximum Gasteiger partial charge on any atom is 0.146 e. The zero-order valence-electron chi connectivity index (χ0n) is 8.04. The van der Waals surface area contributed by atoms with Crippen LogP contribution in [0.5, 0.6) is 0 Å². The highest BCUT2D eigenvalue weighted by atomic mass is 15.3. The Kier molecular flexibility index (Phi) is 3.02. The number of hydrazone groups is 1. The SMILES string of the molecule is C(=N\Nc1ccccn1)/c1ccncc1. The van der Waals surface area contributed by atoms with Crippen LogP contribution in [0.1, 0.15) is 5.56 Å². The molecule has 0 aliphatic rings. The molecule has 4 nitrogen and oxygen atoms in total. The van der Waals surface area contributed by atoms with E-state index >= 15 is 0 Å². The van der Waals surface area contributed by atoms with Gasteiger partial charge in [0, 0.05) is 18.6 Å². The summed E-state index contributed by atoms with van der Waals surface area (Å²) in [4.78, 5) is 7.99. The summed E-state index contributed by atoms with van der Waals surface area (Å²) >= 11 is 0. The van der Waals surface area contributed by atoms with Crippen molar-refractivity contribution in [1.29, 1.82) is 0 Å². The van der Waals surface area contributed by atoms with Crippen LogP contribution < -0.4 is 5.43 Å². The van der Waals surface area contributed by atoms with Crippen LogP contribution in [0.4, 0.5) is 5.82 Å². The van der Waals surface area contributed by atoms with E-state index in [2.05, 4.69) is 20.5 Å². The first-order valence-corrected chi connectivity index (χ1v) is 4.55. The number of aromatic nitrogens is 2. The van der Waals surface area contributed by atoms with Crippen molar-refractivity contribution in [3.05, 3.63) is 54.5 Å². The molecule has 0 aliphatic heterocycles. The smallest absolute Gasteiger partial charge is 0.146 e. The van der Waals surface area contributed by atoms with Crippen molar-refractivity contribution in [1.82, 2.24) is 9.97 Å². The van der Waals surface area contributed by atoms with E-state index in [0.717, 1.165) is 11.4 Å². The number of hydrogen-bond donors (Lipinski definition) is 1. The minimum absolute atomic E-state index is 0.725. The number of rotatable bonds is 3. The highest BCUT2D eigenvalue weighted by Crippen LogP contribution is 1.99. The molecule has 0 fully saturated rings. The van der Waals surface area contributed by atoms with Gasteiger partial charge in [0.2, 0.25) is 0 Å². The number of hydrogen-bond acceptors (Lipinski definition) is 4. The van der Waals surface area contributed by atoms with Crippen LogP contribution >= 0.6 is 0 Å². The molecular weight excluding hydrogens is 188 g/mol. The minimum Gasteiger partial charge on any atom is -0.265 e. The van der Waals surface area contributed by atoms with Crippen LogP contribution in [0.15, 0.2) is 54.0 Å². The van der Waals surface area contributed by atoms with Gasteiger partial charge in [-0.2, -0.15) is 5.10 Å². The molecule has 4 heteroatoms. The van der Waals surface area contributed by atoms with Gasteiger partial charge in [-0.15, -0.1) is 0 Å². The van der Waals surface area contributed by atoms with E-state index in [1.54, 1.807) is 24.8 Å². The third-order valence-electron chi connectivity index (χ3n) is 1.76. The Hall–Kier alpha value is -2.23. The summed E-state index contributed by atoms with van der Waals surface area (Å²) in [6, 6.07) is 9.37. The molecule has 0 aliphatic carbocycles. The summed E-state index contributed by atoms with van der Waals surface area (Å²) in [7, 11) is 0. The van der Waals surface area contributed by atoms with Gasteiger partial charge < -0.3 is 0 Å². The lowest BCUT2D eigenvalue weighted by atomic mass is 10.3. The van der Waals surface area contributed by atoms with Crippen molar-refractivity contribution >= 4 is 12.0 Å². The second kappa shape index (κ2) is 4.85. The standard InChI is InChI=1S/C11H10N4/c1-2-6-13-11(3-1)15-14-9-10-4-7-12-8-5-10/h1-9H,(H,13,15)/b14-9+. The maximum atomic E-state index is 4.07. The fourth-order valence-electron chi connectivity index (χ4n) is 1.05. The lowest BCUT2D eigenvalue weighted by Gasteiger charge is -1.96. The fourth-order valence-corrected chi connectivity index (χ4v) is 1.05. The van der Waals surface area contributed by atoms with E-state index in [1.165, 1.54) is 0 Å². The first kappa shape index (κ1) is 9.33. The van der Waals surface area contributed by atoms with Crippen LogP contribution in [0, 0.1) is 0 Å². The van der Waals surface area contributed by atoms with Gasteiger partial charge in [-0.3, -0.25) is 10.4 Å². The van der Waals surface area contributed by atoms with Gasteiger partial charge in [0.1, 0.15) is 5.82 Å². The van der Waals surface area contributed by atoms with Crippen molar-refractivity contribution in [2.24, 2.45) is 5.10 Å². The van der Waals surface area contributed by atoms with Crippen molar-refractivity contribution in [2.45, 2.75) is 0 Å². The molecule has 15 heavy (non-hydrogen) atoms. The summed E-state index contributed by atoms with van der Waals surface area (Å²) in [5.74, 6) is 0.725. The second-order valence-electron chi connectivity index (χ2n) is 2.87. The second-order valence-corrected chi connectivity index (χ2v) is 2.87. The molecule has 0 atom stereocenters. The molecule has 0 saturated heterocycles. The van der Waals surface area contributed by atoms with Gasteiger partial charge >= 0.3 is 0 Å². The molecule has 2 rings (SSSR count). The predicted octanol–water partition coefficient (Wildman–Crippen LogP) is 1.92. The van der Waals surface area contributed by atoms with Gasteiger partial charge in [-0.1, -0.05) is 6.07 Å². The zero-order valence-corrected chi connectivity index (χ0v) is 8.04. The molecule has 2 aromatic heterocycles. The molecule has 2 heterocycles. The van der Waals surface area contributed by atoms with Crippen LogP contribution in [-0.2, 0) is 0 Å². The average molecular weight is 198 g/mol. The Labute approximate surface area is 87.7 Å². The first-order valence-electron chi connectivity index (χ1n) is 4.55. The molecule has 0 bridgehead atoms. The van der Waals surface area contributed by atoms with Crippen LogP contribution in [0.2, 0.25) is 0 Å². The Morgan fingerprint density at radius 3 is 2.67 bits per heavy atom. The zero-order chi connectivity index (χ0) is 10.3. The average Bonchev–Trinajstić information content (AvgIpc) is 2.32. The molecule has 0 aromatic carbocycles. The van der Waals surface area contributed by atoms with E-state index in [-0.39, 0.29) is 0 Å². The van der Waals surface area contributed by atoms with Crippen LogP contribution in [0.3, 0.4) is 0 Å². The lowest BCUT2D eigenvalue weighted by molar-refractivity contribution is 1.23. The molecular formula is C11H10N4. The summed E-state index contributed by atoms with van der Waals surface area (Å²) in [6.07, 6.45) is 6.88. The molecule has 1 N–H and O–H groups in total. The molecule has 2 aromatic rings. The molecule has 0 amide bonds. The lowest BCUT2D eigenvalue weighted by Crippen LogP contribution is -1.92. The molecule has 0 unspecified atom stereocenters. The molecule has 0 spiro atoms. The van der Waals surface area contributed by atoms with E-state index in [0.29, 0.717) is 0 Å². The normalized spacial score (nSPS) is 10.4. The fraction of sp³-hybridized carbons (Fsp3) is 0. The Bertz CT molecular complexity index is 425. The van der Waals surface area contributed by atoms with Crippen LogP contribution in [-0.4, -0.2) is 16.2 Å². The van der Waals surface area contributed by atoms with Gasteiger partial charge in [0.25, 0.3) is 0 Å². The highest BCUT2D eigenvalue weighted by molar-refractivity contribution is 5.79. The van der Waals surface area contributed by atoms with Gasteiger partial charge in [0.05, 0.1) is 6.21 Å². The number of anilines is 1.